The van der Waals surface area contributed by atoms with Crippen LogP contribution in [0.2, 0.25) is 0 Å². The number of carbonyl (C=O) groups is 1. The van der Waals surface area contributed by atoms with Crippen molar-refractivity contribution in [2.45, 2.75) is 44.4 Å². The van der Waals surface area contributed by atoms with E-state index in [1.165, 1.54) is 24.2 Å². The van der Waals surface area contributed by atoms with Gasteiger partial charge in [0.15, 0.2) is 0 Å². The van der Waals surface area contributed by atoms with Crippen molar-refractivity contribution in [2.75, 3.05) is 6.61 Å². The van der Waals surface area contributed by atoms with Gasteiger partial charge < -0.3 is 4.74 Å². The molecule has 1 unspecified atom stereocenters. The molecule has 0 spiro atoms. The monoisotopic (exact) mass is 367 g/mol. The van der Waals surface area contributed by atoms with Gasteiger partial charge >= 0.3 is 5.97 Å². The Morgan fingerprint density at radius 1 is 1.46 bits per heavy atom. The van der Waals surface area contributed by atoms with Crippen molar-refractivity contribution in [3.8, 4) is 6.07 Å². The molecule has 134 valence electrons. The molecule has 1 saturated carbocycles. The Hall–Kier alpha value is -2.52. The van der Waals surface area contributed by atoms with Gasteiger partial charge in [0.05, 0.1) is 29.6 Å². The van der Waals surface area contributed by atoms with Gasteiger partial charge in [0.2, 0.25) is 0 Å². The molecule has 5 nitrogen and oxygen atoms in total. The van der Waals surface area contributed by atoms with Crippen LogP contribution in [-0.4, -0.2) is 23.8 Å². The summed E-state index contributed by atoms with van der Waals surface area (Å²) in [6.45, 7) is 2.49. The molecule has 0 saturated heterocycles. The first kappa shape index (κ1) is 18.3. The molecule has 6 heteroatoms. The fraction of sp³-hybridized carbons (Fsp3) is 0.400. The summed E-state index contributed by atoms with van der Waals surface area (Å²) >= 11 is 1.52. The second-order valence-electron chi connectivity index (χ2n) is 6.31. The van der Waals surface area contributed by atoms with Crippen LogP contribution in [0, 0.1) is 11.3 Å². The lowest BCUT2D eigenvalue weighted by atomic mass is 10.2. The molecule has 3 rings (SSSR count). The number of unbranched alkanes of at least 4 members (excludes halogenated alkanes) is 1. The molecular weight excluding hydrogens is 346 g/mol. The maximum absolute atomic E-state index is 11.9. The molecule has 2 aromatic rings. The number of carbonyl (C=O) groups excluding carboxylic acids is 1. The summed E-state index contributed by atoms with van der Waals surface area (Å²) in [5, 5.41) is 12.2. The molecular formula is C20H21N3O2S. The predicted molar refractivity (Wildman–Crippen MR) is 102 cm³/mol. The second kappa shape index (κ2) is 8.72. The number of hydrogen-bond acceptors (Lipinski definition) is 6. The number of hydrogen-bond donors (Lipinski definition) is 0. The van der Waals surface area contributed by atoms with Gasteiger partial charge in [-0.3, -0.25) is 4.99 Å². The van der Waals surface area contributed by atoms with Crippen molar-refractivity contribution in [2.24, 2.45) is 4.99 Å². The zero-order chi connectivity index (χ0) is 18.4. The summed E-state index contributed by atoms with van der Waals surface area (Å²) in [6, 6.07) is 9.12. The summed E-state index contributed by atoms with van der Waals surface area (Å²) in [6.07, 6.45) is 5.86. The van der Waals surface area contributed by atoms with Crippen molar-refractivity contribution in [3.05, 3.63) is 45.9 Å². The summed E-state index contributed by atoms with van der Waals surface area (Å²) in [5.74, 6) is -0.189. The average molecular weight is 367 g/mol. The Morgan fingerprint density at radius 3 is 2.88 bits per heavy atom. The van der Waals surface area contributed by atoms with Crippen LogP contribution in [0.4, 0.5) is 5.69 Å². The van der Waals surface area contributed by atoms with E-state index in [-0.39, 0.29) is 5.97 Å². The summed E-state index contributed by atoms with van der Waals surface area (Å²) < 4.78 is 5.18. The fourth-order valence-electron chi connectivity index (χ4n) is 2.40. The third-order valence-corrected chi connectivity index (χ3v) is 5.09. The molecule has 0 N–H and O–H groups in total. The number of thiazole rings is 1. The van der Waals surface area contributed by atoms with Crippen LogP contribution in [-0.2, 0) is 4.74 Å². The first-order chi connectivity index (χ1) is 12.7. The summed E-state index contributed by atoms with van der Waals surface area (Å²) in [5.41, 5.74) is 2.30. The minimum atomic E-state index is -0.453. The predicted octanol–water partition coefficient (Wildman–Crippen LogP) is 4.99. The van der Waals surface area contributed by atoms with Crippen LogP contribution in [0.1, 0.15) is 65.5 Å². The SMILES string of the molecule is CCCCOC(=O)c1ccc(N=CC(C#N)c2nc(C3CC3)cs2)cc1. The average Bonchev–Trinajstić information content (AvgIpc) is 3.41. The molecule has 26 heavy (non-hydrogen) atoms. The molecule has 0 aliphatic heterocycles. The third-order valence-electron chi connectivity index (χ3n) is 4.15. The van der Waals surface area contributed by atoms with Crippen LogP contribution in [0.5, 0.6) is 0 Å². The van der Waals surface area contributed by atoms with Crippen LogP contribution in [0.25, 0.3) is 0 Å². The van der Waals surface area contributed by atoms with E-state index >= 15 is 0 Å². The van der Waals surface area contributed by atoms with Gasteiger partial charge in [0.25, 0.3) is 0 Å². The molecule has 1 fully saturated rings. The minimum absolute atomic E-state index is 0.320. The number of nitrogens with zero attached hydrogens (tertiary/aromatic N) is 3. The number of benzene rings is 1. The number of esters is 1. The molecule has 1 heterocycles. The highest BCUT2D eigenvalue weighted by molar-refractivity contribution is 7.09. The largest absolute Gasteiger partial charge is 0.462 e. The van der Waals surface area contributed by atoms with E-state index in [1.807, 2.05) is 12.3 Å². The lowest BCUT2D eigenvalue weighted by molar-refractivity contribution is 0.0500. The van der Waals surface area contributed by atoms with Gasteiger partial charge in [0, 0.05) is 17.5 Å². The Balaban J connectivity index is 1.61. The minimum Gasteiger partial charge on any atom is -0.462 e. The lowest BCUT2D eigenvalue weighted by Gasteiger charge is -2.04. The van der Waals surface area contributed by atoms with Gasteiger partial charge in [-0.15, -0.1) is 11.3 Å². The quantitative estimate of drug-likeness (QED) is 0.374. The molecule has 1 aromatic heterocycles. The fourth-order valence-corrected chi connectivity index (χ4v) is 3.30. The number of ether oxygens (including phenoxy) is 1. The van der Waals surface area contributed by atoms with Crippen LogP contribution in [0.15, 0.2) is 34.6 Å². The number of aliphatic imine (C=N–C) groups is 1. The lowest BCUT2D eigenvalue weighted by Crippen LogP contribution is -2.05. The van der Waals surface area contributed by atoms with E-state index in [0.717, 1.165) is 23.5 Å². The highest BCUT2D eigenvalue weighted by atomic mass is 32.1. The molecule has 0 amide bonds. The van der Waals surface area contributed by atoms with E-state index < -0.39 is 5.92 Å². The molecule has 1 aromatic carbocycles. The maximum atomic E-state index is 11.9. The summed E-state index contributed by atoms with van der Waals surface area (Å²) in [7, 11) is 0. The van der Waals surface area contributed by atoms with Crippen molar-refractivity contribution in [3.63, 3.8) is 0 Å². The molecule has 1 aliphatic rings. The van der Waals surface area contributed by atoms with E-state index in [4.69, 9.17) is 4.74 Å². The molecule has 1 aliphatic carbocycles. The maximum Gasteiger partial charge on any atom is 0.338 e. The van der Waals surface area contributed by atoms with Gasteiger partial charge in [-0.05, 0) is 43.5 Å². The van der Waals surface area contributed by atoms with Crippen molar-refractivity contribution >= 4 is 29.2 Å². The van der Waals surface area contributed by atoms with Crippen LogP contribution < -0.4 is 0 Å². The van der Waals surface area contributed by atoms with E-state index in [9.17, 15) is 10.1 Å². The Kier molecular flexibility index (Phi) is 6.13. The number of rotatable bonds is 8. The standard InChI is InChI=1S/C20H21N3O2S/c1-2-3-10-25-20(24)15-6-8-17(9-7-15)22-12-16(11-21)19-23-18(13-26-19)14-4-5-14/h6-9,12-14,16H,2-5,10H2,1H3. The topological polar surface area (TPSA) is 75.3 Å². The molecule has 0 bridgehead atoms. The van der Waals surface area contributed by atoms with E-state index in [1.54, 1.807) is 30.5 Å². The zero-order valence-electron chi connectivity index (χ0n) is 14.7. The van der Waals surface area contributed by atoms with Crippen LogP contribution >= 0.6 is 11.3 Å². The molecule has 0 radical (unpaired) electrons. The van der Waals surface area contributed by atoms with Crippen molar-refractivity contribution in [1.29, 1.82) is 5.26 Å². The Bertz CT molecular complexity index is 816. The van der Waals surface area contributed by atoms with Gasteiger partial charge in [-0.1, -0.05) is 13.3 Å². The summed E-state index contributed by atoms with van der Waals surface area (Å²) in [4.78, 5) is 20.8. The first-order valence-corrected chi connectivity index (χ1v) is 9.75. The smallest absolute Gasteiger partial charge is 0.338 e. The van der Waals surface area contributed by atoms with Gasteiger partial charge in [-0.2, -0.15) is 5.26 Å². The van der Waals surface area contributed by atoms with Gasteiger partial charge in [-0.25, -0.2) is 9.78 Å². The van der Waals surface area contributed by atoms with E-state index in [0.29, 0.717) is 23.8 Å². The third kappa shape index (κ3) is 4.77. The highest BCUT2D eigenvalue weighted by Crippen LogP contribution is 2.40. The Morgan fingerprint density at radius 2 is 2.23 bits per heavy atom. The Labute approximate surface area is 157 Å². The number of aromatic nitrogens is 1. The van der Waals surface area contributed by atoms with Crippen LogP contribution in [0.3, 0.4) is 0 Å². The normalized spacial score (nSPS) is 14.9. The van der Waals surface area contributed by atoms with E-state index in [2.05, 4.69) is 16.0 Å². The number of nitriles is 1. The van der Waals surface area contributed by atoms with Gasteiger partial charge in [0.1, 0.15) is 10.9 Å². The zero-order valence-corrected chi connectivity index (χ0v) is 15.5. The van der Waals surface area contributed by atoms with Crippen molar-refractivity contribution in [1.82, 2.24) is 4.98 Å². The second-order valence-corrected chi connectivity index (χ2v) is 7.20. The highest BCUT2D eigenvalue weighted by Gasteiger charge is 2.27. The van der Waals surface area contributed by atoms with Crippen molar-refractivity contribution < 1.29 is 9.53 Å². The molecule has 1 atom stereocenters. The first-order valence-electron chi connectivity index (χ1n) is 8.87.